The average molecular weight is 181 g/mol. The zero-order valence-corrected chi connectivity index (χ0v) is 7.19. The van der Waals surface area contributed by atoms with E-state index in [4.69, 9.17) is 16.6 Å². The van der Waals surface area contributed by atoms with Crippen LogP contribution >= 0.6 is 0 Å². The molecule has 1 atom stereocenters. The molecule has 1 aromatic heterocycles. The van der Waals surface area contributed by atoms with Crippen LogP contribution in [0.15, 0.2) is 12.3 Å². The number of hydrogen-bond acceptors (Lipinski definition) is 4. The molecule has 5 heteroatoms. The Kier molecular flexibility index (Phi) is 2.48. The number of aromatic carboxylic acids is 1. The van der Waals surface area contributed by atoms with E-state index >= 15 is 0 Å². The summed E-state index contributed by atoms with van der Waals surface area (Å²) in [6.45, 7) is 1.72. The van der Waals surface area contributed by atoms with E-state index in [0.29, 0.717) is 5.56 Å². The minimum atomic E-state index is -1.03. The summed E-state index contributed by atoms with van der Waals surface area (Å²) in [6, 6.07) is 1.13. The van der Waals surface area contributed by atoms with Crippen LogP contribution in [0.4, 0.5) is 5.82 Å². The Morgan fingerprint density at radius 3 is 2.77 bits per heavy atom. The third-order valence-electron chi connectivity index (χ3n) is 1.69. The number of carboxylic acids is 1. The summed E-state index contributed by atoms with van der Waals surface area (Å²) >= 11 is 0. The second-order valence-electron chi connectivity index (χ2n) is 2.79. The van der Waals surface area contributed by atoms with Crippen molar-refractivity contribution in [2.45, 2.75) is 13.0 Å². The van der Waals surface area contributed by atoms with Gasteiger partial charge in [0.05, 0.1) is 5.56 Å². The molecule has 1 heterocycles. The molecular weight excluding hydrogens is 170 g/mol. The molecule has 0 unspecified atom stereocenters. The second-order valence-corrected chi connectivity index (χ2v) is 2.79. The number of pyridine rings is 1. The highest BCUT2D eigenvalue weighted by Gasteiger charge is 2.10. The predicted molar refractivity (Wildman–Crippen MR) is 48.2 cm³/mol. The lowest BCUT2D eigenvalue weighted by molar-refractivity contribution is 0.0696. The van der Waals surface area contributed by atoms with Crippen molar-refractivity contribution < 1.29 is 9.90 Å². The molecule has 0 spiro atoms. The first kappa shape index (κ1) is 9.47. The van der Waals surface area contributed by atoms with Crippen molar-refractivity contribution in [3.05, 3.63) is 23.4 Å². The molecule has 0 aromatic carbocycles. The Labute approximate surface area is 75.4 Å². The number of rotatable bonds is 2. The summed E-state index contributed by atoms with van der Waals surface area (Å²) in [5.41, 5.74) is 11.7. The fourth-order valence-corrected chi connectivity index (χ4v) is 0.974. The topological polar surface area (TPSA) is 102 Å². The van der Waals surface area contributed by atoms with Gasteiger partial charge in [0.2, 0.25) is 0 Å². The highest BCUT2D eigenvalue weighted by Crippen LogP contribution is 2.17. The molecule has 1 aromatic rings. The van der Waals surface area contributed by atoms with Gasteiger partial charge in [0.25, 0.3) is 0 Å². The van der Waals surface area contributed by atoms with Crippen molar-refractivity contribution in [2.75, 3.05) is 5.73 Å². The molecule has 13 heavy (non-hydrogen) atoms. The molecular formula is C8H11N3O2. The van der Waals surface area contributed by atoms with Crippen molar-refractivity contribution in [3.63, 3.8) is 0 Å². The van der Waals surface area contributed by atoms with E-state index in [-0.39, 0.29) is 17.4 Å². The molecule has 0 saturated carbocycles. The van der Waals surface area contributed by atoms with Gasteiger partial charge < -0.3 is 16.6 Å². The molecule has 0 aliphatic carbocycles. The van der Waals surface area contributed by atoms with Gasteiger partial charge in [-0.15, -0.1) is 0 Å². The number of nitrogen functional groups attached to an aromatic ring is 1. The van der Waals surface area contributed by atoms with E-state index in [1.807, 2.05) is 0 Å². The van der Waals surface area contributed by atoms with Gasteiger partial charge in [0, 0.05) is 17.8 Å². The largest absolute Gasteiger partial charge is 0.478 e. The van der Waals surface area contributed by atoms with Crippen LogP contribution in [0, 0.1) is 0 Å². The molecule has 0 saturated heterocycles. The fraction of sp³-hybridized carbons (Fsp3) is 0.250. The van der Waals surface area contributed by atoms with E-state index < -0.39 is 5.97 Å². The van der Waals surface area contributed by atoms with Crippen LogP contribution in [-0.2, 0) is 0 Å². The lowest BCUT2D eigenvalue weighted by Crippen LogP contribution is -2.11. The van der Waals surface area contributed by atoms with E-state index in [9.17, 15) is 4.79 Å². The Hall–Kier alpha value is -1.62. The maximum atomic E-state index is 10.6. The maximum absolute atomic E-state index is 10.6. The van der Waals surface area contributed by atoms with Gasteiger partial charge in [-0.05, 0) is 13.0 Å². The van der Waals surface area contributed by atoms with E-state index in [2.05, 4.69) is 4.98 Å². The number of aromatic nitrogens is 1. The van der Waals surface area contributed by atoms with Crippen molar-refractivity contribution in [1.82, 2.24) is 4.98 Å². The second kappa shape index (κ2) is 3.40. The van der Waals surface area contributed by atoms with Gasteiger partial charge in [-0.2, -0.15) is 0 Å². The first-order chi connectivity index (χ1) is 6.02. The molecule has 70 valence electrons. The number of nitrogens with two attached hydrogens (primary N) is 2. The number of anilines is 1. The third-order valence-corrected chi connectivity index (χ3v) is 1.69. The third kappa shape index (κ3) is 1.94. The minimum absolute atomic E-state index is 0.0986. The summed E-state index contributed by atoms with van der Waals surface area (Å²) in [5.74, 6) is -0.755. The standard InChI is InChI=1S/C8H11N3O2/c1-4(9)6-2-5(8(12)13)3-11-7(6)10/h2-4H,9H2,1H3,(H2,10,11)(H,12,13)/t4-/m0/s1. The zero-order chi connectivity index (χ0) is 10.0. The highest BCUT2D eigenvalue weighted by molar-refractivity contribution is 5.87. The molecule has 0 aliphatic heterocycles. The molecule has 0 bridgehead atoms. The van der Waals surface area contributed by atoms with Crippen molar-refractivity contribution in [1.29, 1.82) is 0 Å². The van der Waals surface area contributed by atoms with E-state index in [0.717, 1.165) is 0 Å². The zero-order valence-electron chi connectivity index (χ0n) is 7.19. The van der Waals surface area contributed by atoms with Gasteiger partial charge in [-0.25, -0.2) is 9.78 Å². The minimum Gasteiger partial charge on any atom is -0.478 e. The highest BCUT2D eigenvalue weighted by atomic mass is 16.4. The van der Waals surface area contributed by atoms with Crippen molar-refractivity contribution >= 4 is 11.8 Å². The van der Waals surface area contributed by atoms with Gasteiger partial charge in [-0.3, -0.25) is 0 Å². The summed E-state index contributed by atoms with van der Waals surface area (Å²) in [5, 5.41) is 8.66. The molecule has 0 fully saturated rings. The predicted octanol–water partition coefficient (Wildman–Crippen LogP) is 0.382. The smallest absolute Gasteiger partial charge is 0.337 e. The van der Waals surface area contributed by atoms with Crippen LogP contribution in [-0.4, -0.2) is 16.1 Å². The Morgan fingerprint density at radius 2 is 2.31 bits per heavy atom. The number of nitrogens with zero attached hydrogens (tertiary/aromatic N) is 1. The normalized spacial score (nSPS) is 12.5. The Bertz CT molecular complexity index is 336. The fourth-order valence-electron chi connectivity index (χ4n) is 0.974. The number of carboxylic acid groups (broad SMARTS) is 1. The molecule has 5 nitrogen and oxygen atoms in total. The van der Waals surface area contributed by atoms with Crippen molar-refractivity contribution in [2.24, 2.45) is 5.73 Å². The number of hydrogen-bond donors (Lipinski definition) is 3. The van der Waals surface area contributed by atoms with Gasteiger partial charge in [0.1, 0.15) is 5.82 Å². The maximum Gasteiger partial charge on any atom is 0.337 e. The molecule has 5 N–H and O–H groups in total. The summed E-state index contributed by atoms with van der Waals surface area (Å²) < 4.78 is 0. The molecule has 0 amide bonds. The lowest BCUT2D eigenvalue weighted by atomic mass is 10.1. The van der Waals surface area contributed by atoms with Crippen LogP contribution in [0.3, 0.4) is 0 Å². The molecule has 0 aliphatic rings. The molecule has 1 rings (SSSR count). The summed E-state index contributed by atoms with van der Waals surface area (Å²) in [6.07, 6.45) is 1.21. The Morgan fingerprint density at radius 1 is 1.69 bits per heavy atom. The van der Waals surface area contributed by atoms with E-state index in [1.165, 1.54) is 12.3 Å². The van der Waals surface area contributed by atoms with Crippen LogP contribution in [0.2, 0.25) is 0 Å². The monoisotopic (exact) mass is 181 g/mol. The van der Waals surface area contributed by atoms with Crippen LogP contribution < -0.4 is 11.5 Å². The van der Waals surface area contributed by atoms with Crippen LogP contribution in [0.5, 0.6) is 0 Å². The van der Waals surface area contributed by atoms with Gasteiger partial charge in [-0.1, -0.05) is 0 Å². The lowest BCUT2D eigenvalue weighted by Gasteiger charge is -2.08. The Balaban J connectivity index is 3.19. The van der Waals surface area contributed by atoms with Crippen molar-refractivity contribution in [3.8, 4) is 0 Å². The van der Waals surface area contributed by atoms with Gasteiger partial charge in [0.15, 0.2) is 0 Å². The van der Waals surface area contributed by atoms with Crippen LogP contribution in [0.25, 0.3) is 0 Å². The molecule has 0 radical (unpaired) electrons. The summed E-state index contributed by atoms with van der Waals surface area (Å²) in [4.78, 5) is 14.3. The first-order valence-electron chi connectivity index (χ1n) is 3.76. The van der Waals surface area contributed by atoms with Crippen LogP contribution in [0.1, 0.15) is 28.9 Å². The summed E-state index contributed by atoms with van der Waals surface area (Å²) in [7, 11) is 0. The van der Waals surface area contributed by atoms with E-state index in [1.54, 1.807) is 6.92 Å². The first-order valence-corrected chi connectivity index (χ1v) is 3.76. The van der Waals surface area contributed by atoms with Gasteiger partial charge >= 0.3 is 5.97 Å². The quantitative estimate of drug-likeness (QED) is 0.612. The number of carbonyl (C=O) groups is 1. The average Bonchev–Trinajstić information content (AvgIpc) is 2.04. The SMILES string of the molecule is C[C@H](N)c1cc(C(=O)O)cnc1N.